The minimum absolute atomic E-state index is 0. The zero-order chi connectivity index (χ0) is 14.1. The van der Waals surface area contributed by atoms with Gasteiger partial charge in [-0.05, 0) is 35.8 Å². The number of carbonyl (C=O) groups is 2. The number of Topliss-reactive ketones (excluding diaryl/α,β-unsaturated/α-hetero) is 1. The first-order valence-electron chi connectivity index (χ1n) is 6.63. The molecule has 1 fully saturated rings. The summed E-state index contributed by atoms with van der Waals surface area (Å²) in [5, 5.41) is 3.44. The maximum atomic E-state index is 11.8. The normalized spacial score (nSPS) is 22.1. The van der Waals surface area contributed by atoms with E-state index in [0.717, 1.165) is 29.8 Å². The summed E-state index contributed by atoms with van der Waals surface area (Å²) < 4.78 is 0. The standard InChI is InChI=1S/C16H14ClNO2.BrH/c17-15-11-6-7-18-9-13(10-4-2-1-3-5-10)12(11)8-14(19)16(15)20;/h1-5,8,13,18H,6-7,9H2;1H. The molecule has 1 aliphatic heterocycles. The summed E-state index contributed by atoms with van der Waals surface area (Å²) in [4.78, 5) is 23.5. The van der Waals surface area contributed by atoms with Crippen LogP contribution in [-0.2, 0) is 9.59 Å². The number of fused-ring (bicyclic) bond motifs is 1. The van der Waals surface area contributed by atoms with E-state index in [-0.39, 0.29) is 27.9 Å². The molecule has 5 heteroatoms. The Hall–Kier alpha value is -1.23. The highest BCUT2D eigenvalue weighted by atomic mass is 79.9. The number of halogens is 2. The van der Waals surface area contributed by atoms with Gasteiger partial charge in [0.05, 0.1) is 5.03 Å². The summed E-state index contributed by atoms with van der Waals surface area (Å²) in [5.41, 5.74) is 2.82. The summed E-state index contributed by atoms with van der Waals surface area (Å²) in [7, 11) is 0. The molecule has 1 N–H and O–H groups in total. The highest BCUT2D eigenvalue weighted by Crippen LogP contribution is 2.37. The predicted octanol–water partition coefficient (Wildman–Crippen LogP) is 2.91. The quantitative estimate of drug-likeness (QED) is 0.612. The molecule has 0 amide bonds. The number of hydrogen-bond donors (Lipinski definition) is 1. The van der Waals surface area contributed by atoms with E-state index in [1.807, 2.05) is 30.3 Å². The molecule has 1 aromatic carbocycles. The van der Waals surface area contributed by atoms with E-state index in [4.69, 9.17) is 11.6 Å². The van der Waals surface area contributed by atoms with Crippen molar-refractivity contribution in [3.8, 4) is 0 Å². The van der Waals surface area contributed by atoms with Gasteiger partial charge in [-0.1, -0.05) is 41.9 Å². The number of nitrogens with one attached hydrogen (secondary N) is 1. The van der Waals surface area contributed by atoms with Crippen LogP contribution in [0.2, 0.25) is 0 Å². The van der Waals surface area contributed by atoms with Gasteiger partial charge in [0.15, 0.2) is 0 Å². The van der Waals surface area contributed by atoms with Crippen LogP contribution in [0.25, 0.3) is 0 Å². The van der Waals surface area contributed by atoms with Crippen molar-refractivity contribution in [2.75, 3.05) is 13.1 Å². The lowest BCUT2D eigenvalue weighted by molar-refractivity contribution is -0.131. The molecule has 3 nitrogen and oxygen atoms in total. The zero-order valence-electron chi connectivity index (χ0n) is 11.3. The Morgan fingerprint density at radius 2 is 1.86 bits per heavy atom. The SMILES string of the molecule is Br.O=C1C=C2C(=C(Cl)C1=O)CCNCC2c1ccccc1. The molecule has 110 valence electrons. The van der Waals surface area contributed by atoms with Crippen LogP contribution in [-0.4, -0.2) is 24.7 Å². The Labute approximate surface area is 138 Å². The van der Waals surface area contributed by atoms with Crippen LogP contribution in [0, 0.1) is 0 Å². The number of allylic oxidation sites excluding steroid dienone is 2. The molecule has 1 heterocycles. The molecule has 0 aromatic heterocycles. The van der Waals surface area contributed by atoms with Gasteiger partial charge in [-0.25, -0.2) is 0 Å². The van der Waals surface area contributed by atoms with Gasteiger partial charge in [0, 0.05) is 12.5 Å². The van der Waals surface area contributed by atoms with Crippen LogP contribution in [0.1, 0.15) is 17.9 Å². The number of benzene rings is 1. The first-order valence-corrected chi connectivity index (χ1v) is 7.01. The van der Waals surface area contributed by atoms with Crippen LogP contribution >= 0.6 is 28.6 Å². The van der Waals surface area contributed by atoms with Gasteiger partial charge in [0.1, 0.15) is 0 Å². The Bertz CT molecular complexity index is 637. The molecule has 2 aliphatic rings. The molecular formula is C16H15BrClNO2. The topological polar surface area (TPSA) is 46.2 Å². The molecule has 1 unspecified atom stereocenters. The summed E-state index contributed by atoms with van der Waals surface area (Å²) in [6.45, 7) is 1.50. The fourth-order valence-electron chi connectivity index (χ4n) is 2.78. The van der Waals surface area contributed by atoms with E-state index < -0.39 is 11.6 Å². The van der Waals surface area contributed by atoms with E-state index in [1.165, 1.54) is 6.08 Å². The van der Waals surface area contributed by atoms with Crippen LogP contribution in [0.5, 0.6) is 0 Å². The summed E-state index contributed by atoms with van der Waals surface area (Å²) >= 11 is 6.10. The molecule has 0 radical (unpaired) electrons. The minimum atomic E-state index is -0.584. The van der Waals surface area contributed by atoms with E-state index in [2.05, 4.69) is 5.32 Å². The van der Waals surface area contributed by atoms with Gasteiger partial charge in [0.2, 0.25) is 11.6 Å². The fourth-order valence-corrected chi connectivity index (χ4v) is 3.08. The first-order chi connectivity index (χ1) is 9.68. The van der Waals surface area contributed by atoms with E-state index >= 15 is 0 Å². The molecule has 0 bridgehead atoms. The fraction of sp³-hybridized carbons (Fsp3) is 0.250. The molecule has 21 heavy (non-hydrogen) atoms. The Balaban J connectivity index is 0.00000161. The summed E-state index contributed by atoms with van der Waals surface area (Å²) in [6.07, 6.45) is 2.14. The van der Waals surface area contributed by atoms with Gasteiger partial charge >= 0.3 is 0 Å². The van der Waals surface area contributed by atoms with Crippen molar-refractivity contribution >= 4 is 40.1 Å². The van der Waals surface area contributed by atoms with Gasteiger partial charge in [-0.2, -0.15) is 0 Å². The van der Waals surface area contributed by atoms with E-state index in [1.54, 1.807) is 0 Å². The Morgan fingerprint density at radius 3 is 2.57 bits per heavy atom. The monoisotopic (exact) mass is 367 g/mol. The van der Waals surface area contributed by atoms with Crippen molar-refractivity contribution in [2.45, 2.75) is 12.3 Å². The average molecular weight is 369 g/mol. The Morgan fingerprint density at radius 1 is 1.14 bits per heavy atom. The third kappa shape index (κ3) is 3.03. The van der Waals surface area contributed by atoms with Crippen molar-refractivity contribution in [3.05, 3.63) is 58.1 Å². The van der Waals surface area contributed by atoms with Gasteiger partial charge in [0.25, 0.3) is 0 Å². The molecule has 1 aromatic rings. The second kappa shape index (κ2) is 6.69. The third-order valence-electron chi connectivity index (χ3n) is 3.80. The van der Waals surface area contributed by atoms with Crippen molar-refractivity contribution < 1.29 is 9.59 Å². The zero-order valence-corrected chi connectivity index (χ0v) is 13.7. The molecule has 0 spiro atoms. The van der Waals surface area contributed by atoms with Crippen molar-refractivity contribution in [1.29, 1.82) is 0 Å². The van der Waals surface area contributed by atoms with E-state index in [0.29, 0.717) is 6.42 Å². The van der Waals surface area contributed by atoms with Crippen molar-refractivity contribution in [3.63, 3.8) is 0 Å². The second-order valence-corrected chi connectivity index (χ2v) is 5.38. The van der Waals surface area contributed by atoms with Gasteiger partial charge < -0.3 is 5.32 Å². The van der Waals surface area contributed by atoms with Crippen LogP contribution in [0.15, 0.2) is 52.6 Å². The molecule has 1 aliphatic carbocycles. The maximum Gasteiger partial charge on any atom is 0.244 e. The highest BCUT2D eigenvalue weighted by Gasteiger charge is 2.32. The number of hydrogen-bond acceptors (Lipinski definition) is 3. The largest absolute Gasteiger partial charge is 0.315 e. The number of rotatable bonds is 1. The van der Waals surface area contributed by atoms with Crippen LogP contribution in [0.3, 0.4) is 0 Å². The molecule has 0 saturated carbocycles. The van der Waals surface area contributed by atoms with E-state index in [9.17, 15) is 9.59 Å². The van der Waals surface area contributed by atoms with Crippen molar-refractivity contribution in [2.24, 2.45) is 0 Å². The first kappa shape index (κ1) is 16.1. The smallest absolute Gasteiger partial charge is 0.244 e. The molecule has 1 saturated heterocycles. The predicted molar refractivity (Wildman–Crippen MR) is 88.0 cm³/mol. The molecule has 1 atom stereocenters. The third-order valence-corrected chi connectivity index (χ3v) is 4.20. The lowest BCUT2D eigenvalue weighted by Gasteiger charge is -2.22. The average Bonchev–Trinajstić information content (AvgIpc) is 2.68. The highest BCUT2D eigenvalue weighted by molar-refractivity contribution is 8.93. The maximum absolute atomic E-state index is 11.8. The van der Waals surface area contributed by atoms with Gasteiger partial charge in [-0.3, -0.25) is 9.59 Å². The lowest BCUT2D eigenvalue weighted by atomic mass is 9.82. The molecular weight excluding hydrogens is 354 g/mol. The molecule has 3 rings (SSSR count). The Kier molecular flexibility index (Phi) is 5.14. The number of ketones is 2. The second-order valence-electron chi connectivity index (χ2n) is 5.00. The van der Waals surface area contributed by atoms with Gasteiger partial charge in [-0.15, -0.1) is 17.0 Å². The van der Waals surface area contributed by atoms with Crippen LogP contribution in [0.4, 0.5) is 0 Å². The minimum Gasteiger partial charge on any atom is -0.315 e. The number of carbonyl (C=O) groups excluding carboxylic acids is 2. The van der Waals surface area contributed by atoms with Crippen LogP contribution < -0.4 is 5.32 Å². The summed E-state index contributed by atoms with van der Waals surface area (Å²) in [5.74, 6) is -1.05. The summed E-state index contributed by atoms with van der Waals surface area (Å²) in [6, 6.07) is 9.97. The van der Waals surface area contributed by atoms with Crippen molar-refractivity contribution in [1.82, 2.24) is 5.32 Å². The lowest BCUT2D eigenvalue weighted by Crippen LogP contribution is -2.23.